The smallest absolute Gasteiger partial charge is 0.337 e. The van der Waals surface area contributed by atoms with Gasteiger partial charge in [0.25, 0.3) is 10.0 Å². The van der Waals surface area contributed by atoms with E-state index in [1.165, 1.54) is 44.6 Å². The number of methoxy groups -OCH3 is 2. The van der Waals surface area contributed by atoms with E-state index in [0.29, 0.717) is 16.8 Å². The molecule has 3 rings (SSSR count). The van der Waals surface area contributed by atoms with Crippen LogP contribution in [0.5, 0.6) is 0 Å². The highest BCUT2D eigenvalue weighted by Crippen LogP contribution is 2.25. The molecule has 0 aliphatic rings. The fourth-order valence-electron chi connectivity index (χ4n) is 3.02. The van der Waals surface area contributed by atoms with Gasteiger partial charge in [-0.3, -0.25) is 14.1 Å². The lowest BCUT2D eigenvalue weighted by Crippen LogP contribution is -2.15. The molecule has 0 atom stereocenters. The first-order valence-corrected chi connectivity index (χ1v) is 11.5. The standard InChI is InChI=1S/C20H20N2O7S2/c1-4-7-22-16-6-5-15(11-17(16)30-20(22)25)31(26,27)21-14-9-12(18(23)28-2)8-13(10-14)19(24)29-3/h5-6,8-11,21H,4,7H2,1-3H3. The number of fused-ring (bicyclic) bond motifs is 1. The molecule has 1 N–H and O–H groups in total. The number of sulfonamides is 1. The molecule has 31 heavy (non-hydrogen) atoms. The highest BCUT2D eigenvalue weighted by molar-refractivity contribution is 7.92. The van der Waals surface area contributed by atoms with Gasteiger partial charge in [0.2, 0.25) is 0 Å². The van der Waals surface area contributed by atoms with E-state index in [0.717, 1.165) is 17.8 Å². The quantitative estimate of drug-likeness (QED) is 0.534. The molecular formula is C20H20N2O7S2. The third-order valence-electron chi connectivity index (χ3n) is 4.42. The fraction of sp³-hybridized carbons (Fsp3) is 0.250. The molecule has 11 heteroatoms. The van der Waals surface area contributed by atoms with Gasteiger partial charge in [-0.25, -0.2) is 18.0 Å². The number of hydrogen-bond acceptors (Lipinski definition) is 8. The van der Waals surface area contributed by atoms with Crippen molar-refractivity contribution in [2.24, 2.45) is 0 Å². The molecule has 0 bridgehead atoms. The minimum absolute atomic E-state index is 0.0138. The first kappa shape index (κ1) is 22.5. The average molecular weight is 465 g/mol. The number of esters is 2. The van der Waals surface area contributed by atoms with Crippen molar-refractivity contribution in [2.75, 3.05) is 18.9 Å². The second-order valence-electron chi connectivity index (χ2n) is 6.54. The van der Waals surface area contributed by atoms with Gasteiger partial charge in [0.1, 0.15) is 0 Å². The number of carbonyl (C=O) groups is 2. The molecule has 0 fully saturated rings. The van der Waals surface area contributed by atoms with Gasteiger partial charge < -0.3 is 9.47 Å². The van der Waals surface area contributed by atoms with E-state index in [4.69, 9.17) is 0 Å². The zero-order valence-electron chi connectivity index (χ0n) is 17.0. The Labute approximate surface area is 182 Å². The number of hydrogen-bond donors (Lipinski definition) is 1. The largest absolute Gasteiger partial charge is 0.465 e. The van der Waals surface area contributed by atoms with Gasteiger partial charge in [-0.1, -0.05) is 18.3 Å². The van der Waals surface area contributed by atoms with Gasteiger partial charge in [0.15, 0.2) is 0 Å². The molecular weight excluding hydrogens is 444 g/mol. The number of benzene rings is 2. The van der Waals surface area contributed by atoms with Gasteiger partial charge in [-0.05, 0) is 42.8 Å². The first-order valence-electron chi connectivity index (χ1n) is 9.18. The van der Waals surface area contributed by atoms with Crippen molar-refractivity contribution in [3.63, 3.8) is 0 Å². The summed E-state index contributed by atoms with van der Waals surface area (Å²) in [6, 6.07) is 8.15. The van der Waals surface area contributed by atoms with Crippen molar-refractivity contribution >= 4 is 49.2 Å². The molecule has 1 aromatic heterocycles. The summed E-state index contributed by atoms with van der Waals surface area (Å²) in [5, 5.41) is 0. The average Bonchev–Trinajstić information content (AvgIpc) is 3.06. The Morgan fingerprint density at radius 3 is 2.19 bits per heavy atom. The molecule has 0 unspecified atom stereocenters. The molecule has 0 amide bonds. The van der Waals surface area contributed by atoms with E-state index in [9.17, 15) is 22.8 Å². The van der Waals surface area contributed by atoms with Crippen LogP contribution in [0.4, 0.5) is 5.69 Å². The molecule has 0 aliphatic heterocycles. The summed E-state index contributed by atoms with van der Waals surface area (Å²) in [6.45, 7) is 2.49. The third-order valence-corrected chi connectivity index (χ3v) is 6.75. The summed E-state index contributed by atoms with van der Waals surface area (Å²) < 4.78 is 39.7. The van der Waals surface area contributed by atoms with Crippen molar-refractivity contribution in [2.45, 2.75) is 24.8 Å². The van der Waals surface area contributed by atoms with Crippen molar-refractivity contribution in [1.82, 2.24) is 4.57 Å². The lowest BCUT2D eigenvalue weighted by molar-refractivity contribution is 0.0599. The summed E-state index contributed by atoms with van der Waals surface area (Å²) in [6.07, 6.45) is 0.770. The van der Waals surface area contributed by atoms with Gasteiger partial charge in [0.05, 0.1) is 46.1 Å². The van der Waals surface area contributed by atoms with E-state index >= 15 is 0 Å². The van der Waals surface area contributed by atoms with Crippen LogP contribution >= 0.6 is 11.3 Å². The number of aryl methyl sites for hydroxylation is 1. The first-order chi connectivity index (χ1) is 14.7. The maximum atomic E-state index is 12.9. The second-order valence-corrected chi connectivity index (χ2v) is 9.21. The zero-order chi connectivity index (χ0) is 22.8. The molecule has 0 aliphatic carbocycles. The molecule has 0 saturated carbocycles. The third kappa shape index (κ3) is 4.62. The predicted octanol–water partition coefficient (Wildman–Crippen LogP) is 2.85. The van der Waals surface area contributed by atoms with Crippen LogP contribution in [0.3, 0.4) is 0 Å². The van der Waals surface area contributed by atoms with Crippen molar-refractivity contribution < 1.29 is 27.5 Å². The van der Waals surface area contributed by atoms with E-state index in [2.05, 4.69) is 14.2 Å². The Hall–Kier alpha value is -3.18. The monoisotopic (exact) mass is 464 g/mol. The molecule has 0 radical (unpaired) electrons. The Bertz CT molecular complexity index is 1290. The van der Waals surface area contributed by atoms with Crippen LogP contribution in [-0.4, -0.2) is 39.1 Å². The predicted molar refractivity (Wildman–Crippen MR) is 116 cm³/mol. The molecule has 9 nitrogen and oxygen atoms in total. The van der Waals surface area contributed by atoms with Crippen molar-refractivity contribution in [3.8, 4) is 0 Å². The number of nitrogens with zero attached hydrogens (tertiary/aromatic N) is 1. The molecule has 164 valence electrons. The minimum atomic E-state index is -4.08. The van der Waals surface area contributed by atoms with E-state index < -0.39 is 22.0 Å². The van der Waals surface area contributed by atoms with Crippen LogP contribution in [0.25, 0.3) is 10.2 Å². The molecule has 3 aromatic rings. The second kappa shape index (κ2) is 8.90. The Kier molecular flexibility index (Phi) is 6.46. The summed E-state index contributed by atoms with van der Waals surface area (Å²) in [4.78, 5) is 35.8. The van der Waals surface area contributed by atoms with E-state index in [1.807, 2.05) is 6.92 Å². The van der Waals surface area contributed by atoms with Gasteiger partial charge in [0, 0.05) is 6.54 Å². The molecule has 0 spiro atoms. The Balaban J connectivity index is 2.02. The molecule has 2 aromatic carbocycles. The summed E-state index contributed by atoms with van der Waals surface area (Å²) in [5.74, 6) is -1.48. The maximum absolute atomic E-state index is 12.9. The van der Waals surface area contributed by atoms with Gasteiger partial charge >= 0.3 is 16.8 Å². The van der Waals surface area contributed by atoms with Crippen LogP contribution in [-0.2, 0) is 26.0 Å². The highest BCUT2D eigenvalue weighted by Gasteiger charge is 2.20. The van der Waals surface area contributed by atoms with Crippen LogP contribution < -0.4 is 9.60 Å². The normalized spacial score (nSPS) is 11.3. The topological polar surface area (TPSA) is 121 Å². The zero-order valence-corrected chi connectivity index (χ0v) is 18.6. The highest BCUT2D eigenvalue weighted by atomic mass is 32.2. The number of anilines is 1. The van der Waals surface area contributed by atoms with E-state index in [-0.39, 0.29) is 26.6 Å². The Morgan fingerprint density at radius 1 is 1.03 bits per heavy atom. The molecule has 0 saturated heterocycles. The number of carbonyl (C=O) groups excluding carboxylic acids is 2. The molecule has 1 heterocycles. The maximum Gasteiger partial charge on any atom is 0.337 e. The van der Waals surface area contributed by atoms with Crippen LogP contribution in [0.15, 0.2) is 46.1 Å². The van der Waals surface area contributed by atoms with Gasteiger partial charge in [-0.2, -0.15) is 0 Å². The SMILES string of the molecule is CCCn1c(=O)sc2cc(S(=O)(=O)Nc3cc(C(=O)OC)cc(C(=O)OC)c3)ccc21. The minimum Gasteiger partial charge on any atom is -0.465 e. The number of ether oxygens (including phenoxy) is 2. The van der Waals surface area contributed by atoms with Crippen LogP contribution in [0, 0.1) is 0 Å². The van der Waals surface area contributed by atoms with Crippen molar-refractivity contribution in [1.29, 1.82) is 0 Å². The number of thiazole rings is 1. The number of nitrogens with one attached hydrogen (secondary N) is 1. The van der Waals surface area contributed by atoms with Crippen LogP contribution in [0.2, 0.25) is 0 Å². The number of rotatable bonds is 7. The summed E-state index contributed by atoms with van der Waals surface area (Å²) in [7, 11) is -1.74. The van der Waals surface area contributed by atoms with Crippen molar-refractivity contribution in [3.05, 3.63) is 57.2 Å². The van der Waals surface area contributed by atoms with E-state index in [1.54, 1.807) is 10.6 Å². The lowest BCUT2D eigenvalue weighted by atomic mass is 10.1. The fourth-order valence-corrected chi connectivity index (χ4v) is 5.12. The number of aromatic nitrogens is 1. The summed E-state index contributed by atoms with van der Waals surface area (Å²) >= 11 is 0.967. The van der Waals surface area contributed by atoms with Crippen LogP contribution in [0.1, 0.15) is 34.1 Å². The van der Waals surface area contributed by atoms with Gasteiger partial charge in [-0.15, -0.1) is 0 Å². The lowest BCUT2D eigenvalue weighted by Gasteiger charge is -2.11. The summed E-state index contributed by atoms with van der Waals surface area (Å²) in [5.41, 5.74) is 0.610. The Morgan fingerprint density at radius 2 is 1.65 bits per heavy atom.